The van der Waals surface area contributed by atoms with Gasteiger partial charge in [-0.1, -0.05) is 46.2 Å². The molecule has 2 rings (SSSR count). The molecule has 0 aromatic heterocycles. The Labute approximate surface area is 147 Å². The van der Waals surface area contributed by atoms with Crippen LogP contribution in [-0.2, 0) is 11.3 Å². The summed E-state index contributed by atoms with van der Waals surface area (Å²) < 4.78 is 11.0. The van der Waals surface area contributed by atoms with Gasteiger partial charge in [-0.2, -0.15) is 9.81 Å². The van der Waals surface area contributed by atoms with Gasteiger partial charge in [0.05, 0.1) is 26.3 Å². The molecule has 132 valence electrons. The molecule has 0 aliphatic rings. The summed E-state index contributed by atoms with van der Waals surface area (Å²) in [4.78, 5) is 20.8. The van der Waals surface area contributed by atoms with E-state index in [2.05, 4.69) is 41.5 Å². The predicted molar refractivity (Wildman–Crippen MR) is 97.6 cm³/mol. The second-order valence-electron chi connectivity index (χ2n) is 5.92. The molecule has 0 aliphatic heterocycles. The van der Waals surface area contributed by atoms with Crippen molar-refractivity contribution in [1.82, 2.24) is 0 Å². The summed E-state index contributed by atoms with van der Waals surface area (Å²) in [5.41, 5.74) is 4.39. The number of benzene rings is 2. The maximum atomic E-state index is 10.4. The second kappa shape index (κ2) is 9.64. The molecule has 6 nitrogen and oxygen atoms in total. The average molecular weight is 342 g/mol. The minimum Gasteiger partial charge on any atom is -0.493 e. The van der Waals surface area contributed by atoms with Crippen LogP contribution in [0.1, 0.15) is 11.1 Å². The molecule has 0 bridgehead atoms. The lowest BCUT2D eigenvalue weighted by molar-refractivity contribution is 0.184. The molecule has 0 N–H and O–H groups in total. The van der Waals surface area contributed by atoms with Gasteiger partial charge in [-0.05, 0) is 35.7 Å². The molecule has 0 spiro atoms. The highest BCUT2D eigenvalue weighted by molar-refractivity contribution is 5.68. The highest BCUT2D eigenvalue weighted by Crippen LogP contribution is 2.28. The zero-order valence-electron chi connectivity index (χ0n) is 14.5. The summed E-state index contributed by atoms with van der Waals surface area (Å²) in [5, 5.41) is 5.65. The normalized spacial score (nSPS) is 10.7. The van der Waals surface area contributed by atoms with Crippen LogP contribution in [0.2, 0.25) is 0 Å². The van der Waals surface area contributed by atoms with E-state index in [-0.39, 0.29) is 25.6 Å². The van der Waals surface area contributed by atoms with E-state index in [1.54, 1.807) is 7.11 Å². The smallest absolute Gasteiger partial charge is 0.119 e. The molecular formula is C19H22N2O4. The van der Waals surface area contributed by atoms with Gasteiger partial charge in [0.1, 0.15) is 5.75 Å². The average Bonchev–Trinajstić information content (AvgIpc) is 2.61. The van der Waals surface area contributed by atoms with Crippen molar-refractivity contribution in [2.75, 3.05) is 26.8 Å². The van der Waals surface area contributed by atoms with E-state index in [9.17, 15) is 9.81 Å². The Morgan fingerprint density at radius 3 is 2.28 bits per heavy atom. The topological polar surface area (TPSA) is 77.3 Å². The van der Waals surface area contributed by atoms with Gasteiger partial charge in [-0.3, -0.25) is 0 Å². The van der Waals surface area contributed by atoms with Crippen molar-refractivity contribution in [2.24, 2.45) is 16.3 Å². The summed E-state index contributed by atoms with van der Waals surface area (Å²) in [5.74, 6) is 0.349. The van der Waals surface area contributed by atoms with E-state index in [1.165, 1.54) is 5.56 Å². The Balaban J connectivity index is 2.18. The largest absolute Gasteiger partial charge is 0.493 e. The van der Waals surface area contributed by atoms with Crippen molar-refractivity contribution in [3.05, 3.63) is 63.4 Å². The summed E-state index contributed by atoms with van der Waals surface area (Å²) in [7, 11) is 1.65. The van der Waals surface area contributed by atoms with Crippen molar-refractivity contribution in [1.29, 1.82) is 0 Å². The van der Waals surface area contributed by atoms with Crippen molar-refractivity contribution >= 4 is 0 Å². The summed E-state index contributed by atoms with van der Waals surface area (Å²) in [6.45, 7) is 2.75. The van der Waals surface area contributed by atoms with Gasteiger partial charge < -0.3 is 9.47 Å². The van der Waals surface area contributed by atoms with Crippen LogP contribution < -0.4 is 4.74 Å². The van der Waals surface area contributed by atoms with E-state index in [0.29, 0.717) is 12.4 Å². The maximum absolute atomic E-state index is 10.4. The molecule has 0 saturated heterocycles. The minimum atomic E-state index is -0.308. The molecule has 0 unspecified atom stereocenters. The number of nitrogens with zero attached hydrogens (tertiary/aromatic N) is 2. The van der Waals surface area contributed by atoms with Gasteiger partial charge in [0.25, 0.3) is 0 Å². The summed E-state index contributed by atoms with van der Waals surface area (Å²) in [6.07, 6.45) is 0. The minimum absolute atomic E-state index is 0.0120. The molecule has 0 saturated carbocycles. The molecule has 0 atom stereocenters. The van der Waals surface area contributed by atoms with E-state index < -0.39 is 0 Å². The summed E-state index contributed by atoms with van der Waals surface area (Å²) >= 11 is 0. The van der Waals surface area contributed by atoms with Crippen molar-refractivity contribution in [3.8, 4) is 16.9 Å². The first kappa shape index (κ1) is 18.7. The number of hydrogen-bond acceptors (Lipinski definition) is 6. The first-order valence-corrected chi connectivity index (χ1v) is 8.08. The molecule has 0 fully saturated rings. The molecular weight excluding hydrogens is 320 g/mol. The summed E-state index contributed by atoms with van der Waals surface area (Å²) in [6, 6.07) is 14.1. The van der Waals surface area contributed by atoms with E-state index >= 15 is 0 Å². The lowest BCUT2D eigenvalue weighted by Gasteiger charge is -2.15. The van der Waals surface area contributed by atoms with Crippen molar-refractivity contribution in [3.63, 3.8) is 0 Å². The number of hydrogen-bond donors (Lipinski definition) is 0. The molecule has 2 aromatic rings. The molecule has 2 aromatic carbocycles. The number of methoxy groups -OCH3 is 1. The van der Waals surface area contributed by atoms with E-state index in [1.807, 2.05) is 18.2 Å². The highest BCUT2D eigenvalue weighted by Gasteiger charge is 2.12. The van der Waals surface area contributed by atoms with Crippen LogP contribution in [0.4, 0.5) is 0 Å². The third-order valence-electron chi connectivity index (χ3n) is 3.89. The van der Waals surface area contributed by atoms with E-state index in [4.69, 9.17) is 9.47 Å². The maximum Gasteiger partial charge on any atom is 0.119 e. The van der Waals surface area contributed by atoms with Crippen LogP contribution in [0.5, 0.6) is 5.75 Å². The van der Waals surface area contributed by atoms with Gasteiger partial charge >= 0.3 is 0 Å². The first-order chi connectivity index (χ1) is 12.2. The van der Waals surface area contributed by atoms with Crippen LogP contribution in [0.15, 0.2) is 52.8 Å². The standard InChI is InChI=1S/C19H22N2O4/c1-14-3-5-16(6-4-14)19-8-7-18(9-17(19)13-24-2)25-12-15(10-20-22)11-21-23/h3-9,15H,10-13H2,1-2H3. The third-order valence-corrected chi connectivity index (χ3v) is 3.89. The van der Waals surface area contributed by atoms with Crippen molar-refractivity contribution < 1.29 is 9.47 Å². The van der Waals surface area contributed by atoms with Crippen LogP contribution >= 0.6 is 0 Å². The predicted octanol–water partition coefficient (Wildman–Crippen LogP) is 4.34. The fourth-order valence-corrected chi connectivity index (χ4v) is 2.54. The third kappa shape index (κ3) is 5.46. The van der Waals surface area contributed by atoms with Crippen LogP contribution in [0, 0.1) is 22.7 Å². The Hall–Kier alpha value is -2.60. The van der Waals surface area contributed by atoms with Gasteiger partial charge in [-0.25, -0.2) is 0 Å². The lowest BCUT2D eigenvalue weighted by Crippen LogP contribution is -2.18. The quantitative estimate of drug-likeness (QED) is 0.602. The number of aryl methyl sites for hydroxylation is 1. The van der Waals surface area contributed by atoms with Gasteiger partial charge in [0.15, 0.2) is 0 Å². The van der Waals surface area contributed by atoms with E-state index in [0.717, 1.165) is 16.7 Å². The molecule has 6 heteroatoms. The number of rotatable bonds is 10. The molecule has 0 radical (unpaired) electrons. The van der Waals surface area contributed by atoms with Crippen LogP contribution in [0.25, 0.3) is 11.1 Å². The molecule has 0 heterocycles. The van der Waals surface area contributed by atoms with Crippen LogP contribution in [-0.4, -0.2) is 26.8 Å². The molecule has 25 heavy (non-hydrogen) atoms. The van der Waals surface area contributed by atoms with Crippen LogP contribution in [0.3, 0.4) is 0 Å². The zero-order valence-corrected chi connectivity index (χ0v) is 14.5. The monoisotopic (exact) mass is 342 g/mol. The Bertz CT molecular complexity index is 691. The number of nitroso groups, excluding NO2 is 2. The molecule has 0 aliphatic carbocycles. The zero-order chi connectivity index (χ0) is 18.1. The van der Waals surface area contributed by atoms with Crippen molar-refractivity contribution in [2.45, 2.75) is 13.5 Å². The Morgan fingerprint density at radius 2 is 1.68 bits per heavy atom. The molecule has 0 amide bonds. The fourth-order valence-electron chi connectivity index (χ4n) is 2.54. The Kier molecular flexibility index (Phi) is 7.22. The highest BCUT2D eigenvalue weighted by atomic mass is 16.5. The SMILES string of the molecule is COCc1cc(OCC(CN=O)CN=O)ccc1-c1ccc(C)cc1. The first-order valence-electron chi connectivity index (χ1n) is 8.08. The fraction of sp³-hybridized carbons (Fsp3) is 0.368. The van der Waals surface area contributed by atoms with Gasteiger partial charge in [-0.15, -0.1) is 0 Å². The van der Waals surface area contributed by atoms with Gasteiger partial charge in [0, 0.05) is 13.0 Å². The Morgan fingerprint density at radius 1 is 1.00 bits per heavy atom. The van der Waals surface area contributed by atoms with Gasteiger partial charge in [0.2, 0.25) is 0 Å². The number of ether oxygens (including phenoxy) is 2. The second-order valence-corrected chi connectivity index (χ2v) is 5.92. The lowest BCUT2D eigenvalue weighted by atomic mass is 9.99.